The highest BCUT2D eigenvalue weighted by Crippen LogP contribution is 1.72. The maximum Gasteiger partial charge on any atom is 0.0859 e. The largest absolute Gasteiger partial charge is 0.395 e. The third-order valence-electron chi connectivity index (χ3n) is 0.740. The quantitative estimate of drug-likeness (QED) is 0.448. The fraction of sp³-hybridized carbons (Fsp3) is 1.00. The summed E-state index contributed by atoms with van der Waals surface area (Å²) in [4.78, 5) is 0. The molecule has 0 amide bonds. The van der Waals surface area contributed by atoms with Gasteiger partial charge in [-0.25, -0.2) is 0 Å². The second-order valence-electron chi connectivity index (χ2n) is 1.49. The van der Waals surface area contributed by atoms with Crippen molar-refractivity contribution >= 4 is 7.85 Å². The van der Waals surface area contributed by atoms with Gasteiger partial charge in [-0.3, -0.25) is 0 Å². The summed E-state index contributed by atoms with van der Waals surface area (Å²) in [6.07, 6.45) is 0.432. The van der Waals surface area contributed by atoms with Gasteiger partial charge < -0.3 is 10.4 Å². The Morgan fingerprint density at radius 1 is 1.86 bits per heavy atom. The van der Waals surface area contributed by atoms with E-state index in [-0.39, 0.29) is 12.6 Å². The summed E-state index contributed by atoms with van der Waals surface area (Å²) >= 11 is 0. The summed E-state index contributed by atoms with van der Waals surface area (Å²) in [7, 11) is 5.08. The first-order chi connectivity index (χ1) is 3.31. The van der Waals surface area contributed by atoms with Crippen molar-refractivity contribution in [3.63, 3.8) is 0 Å². The molecule has 0 aromatic rings. The average molecular weight is 98.9 g/mol. The molecule has 0 aliphatic rings. The fourth-order valence-corrected chi connectivity index (χ4v) is 0.266. The maximum absolute atomic E-state index is 8.35. The standard InChI is InChI=1S/C4H10BNO/c1-4(2-7)6-3-5/h4,6-7H,2-3H2,1H3/t4-/m1/s1. The van der Waals surface area contributed by atoms with Crippen LogP contribution in [-0.2, 0) is 0 Å². The molecule has 0 saturated carbocycles. The smallest absolute Gasteiger partial charge is 0.0859 e. The predicted molar refractivity (Wildman–Crippen MR) is 30.3 cm³/mol. The molecule has 7 heavy (non-hydrogen) atoms. The van der Waals surface area contributed by atoms with Crippen LogP contribution in [0.2, 0.25) is 0 Å². The lowest BCUT2D eigenvalue weighted by Gasteiger charge is -2.05. The van der Waals surface area contributed by atoms with Crippen LogP contribution in [0.1, 0.15) is 6.92 Å². The van der Waals surface area contributed by atoms with Gasteiger partial charge in [0.1, 0.15) is 0 Å². The summed E-state index contributed by atoms with van der Waals surface area (Å²) < 4.78 is 0. The zero-order valence-electron chi connectivity index (χ0n) is 4.52. The van der Waals surface area contributed by atoms with Crippen molar-refractivity contribution < 1.29 is 5.11 Å². The lowest BCUT2D eigenvalue weighted by Crippen LogP contribution is -2.29. The maximum atomic E-state index is 8.35. The number of hydrogen-bond acceptors (Lipinski definition) is 2. The number of rotatable bonds is 3. The average Bonchev–Trinajstić information content (AvgIpc) is 1.68. The first-order valence-electron chi connectivity index (χ1n) is 2.35. The SMILES string of the molecule is [B]CN[C@H](C)CO. The van der Waals surface area contributed by atoms with Crippen LogP contribution in [0.25, 0.3) is 0 Å². The predicted octanol–water partition coefficient (Wildman–Crippen LogP) is -0.917. The van der Waals surface area contributed by atoms with Crippen LogP contribution < -0.4 is 5.32 Å². The Balaban J connectivity index is 2.83. The molecular weight excluding hydrogens is 88.9 g/mol. The number of hydrogen-bond donors (Lipinski definition) is 2. The van der Waals surface area contributed by atoms with Crippen LogP contribution in [0.3, 0.4) is 0 Å². The topological polar surface area (TPSA) is 32.3 Å². The van der Waals surface area contributed by atoms with E-state index in [0.29, 0.717) is 6.44 Å². The van der Waals surface area contributed by atoms with Crippen LogP contribution in [0.15, 0.2) is 0 Å². The molecule has 0 rings (SSSR count). The van der Waals surface area contributed by atoms with Gasteiger partial charge in [-0.15, -0.1) is 0 Å². The van der Waals surface area contributed by atoms with Gasteiger partial charge in [0.25, 0.3) is 0 Å². The van der Waals surface area contributed by atoms with E-state index in [9.17, 15) is 0 Å². The van der Waals surface area contributed by atoms with E-state index in [0.717, 1.165) is 0 Å². The molecule has 0 bridgehead atoms. The van der Waals surface area contributed by atoms with E-state index in [2.05, 4.69) is 5.32 Å². The molecule has 0 aliphatic heterocycles. The first-order valence-corrected chi connectivity index (χ1v) is 2.35. The lowest BCUT2D eigenvalue weighted by atomic mass is 10.1. The van der Waals surface area contributed by atoms with Gasteiger partial charge in [-0.05, 0) is 13.4 Å². The van der Waals surface area contributed by atoms with E-state index in [1.54, 1.807) is 0 Å². The number of aliphatic hydroxyl groups is 1. The van der Waals surface area contributed by atoms with Crippen molar-refractivity contribution in [2.45, 2.75) is 13.0 Å². The Hall–Kier alpha value is -0.0151. The highest BCUT2D eigenvalue weighted by Gasteiger charge is 1.91. The molecule has 0 aromatic heterocycles. The first kappa shape index (κ1) is 6.98. The molecule has 0 heterocycles. The minimum Gasteiger partial charge on any atom is -0.395 e. The summed E-state index contributed by atoms with van der Waals surface area (Å²) in [5.74, 6) is 0. The zero-order valence-corrected chi connectivity index (χ0v) is 4.52. The zero-order chi connectivity index (χ0) is 5.70. The molecule has 0 spiro atoms. The van der Waals surface area contributed by atoms with Crippen LogP contribution >= 0.6 is 0 Å². The van der Waals surface area contributed by atoms with Crippen LogP contribution in [-0.4, -0.2) is 32.0 Å². The summed E-state index contributed by atoms with van der Waals surface area (Å²) in [6.45, 7) is 2.02. The molecule has 0 unspecified atom stereocenters. The van der Waals surface area contributed by atoms with E-state index in [1.807, 2.05) is 6.92 Å². The van der Waals surface area contributed by atoms with Crippen LogP contribution in [0.5, 0.6) is 0 Å². The molecule has 1 atom stereocenters. The van der Waals surface area contributed by atoms with Gasteiger partial charge in [0.2, 0.25) is 0 Å². The molecule has 2 nitrogen and oxygen atoms in total. The molecule has 0 aromatic carbocycles. The van der Waals surface area contributed by atoms with Gasteiger partial charge in [0.05, 0.1) is 14.5 Å². The Morgan fingerprint density at radius 2 is 2.43 bits per heavy atom. The second kappa shape index (κ2) is 4.15. The van der Waals surface area contributed by atoms with Gasteiger partial charge >= 0.3 is 0 Å². The molecule has 0 saturated heterocycles. The van der Waals surface area contributed by atoms with Gasteiger partial charge in [0, 0.05) is 6.04 Å². The Labute approximate surface area is 45.3 Å². The number of aliphatic hydroxyl groups excluding tert-OH is 1. The van der Waals surface area contributed by atoms with Crippen molar-refractivity contribution in [1.29, 1.82) is 0 Å². The summed E-state index contributed by atoms with van der Waals surface area (Å²) in [6, 6.07) is 0.130. The summed E-state index contributed by atoms with van der Waals surface area (Å²) in [5, 5.41) is 11.2. The molecule has 0 aliphatic carbocycles. The van der Waals surface area contributed by atoms with E-state index >= 15 is 0 Å². The monoisotopic (exact) mass is 99.1 g/mol. The minimum atomic E-state index is 0.130. The molecular formula is C4H10BNO. The van der Waals surface area contributed by atoms with E-state index in [4.69, 9.17) is 13.0 Å². The molecule has 3 heteroatoms. The molecule has 0 fully saturated rings. The normalized spacial score (nSPS) is 14.0. The molecule has 40 valence electrons. The Kier molecular flexibility index (Phi) is 4.14. The lowest BCUT2D eigenvalue weighted by molar-refractivity contribution is 0.256. The Bertz CT molecular complexity index is 42.7. The van der Waals surface area contributed by atoms with Gasteiger partial charge in [0.15, 0.2) is 0 Å². The highest BCUT2D eigenvalue weighted by atomic mass is 16.3. The molecule has 2 N–H and O–H groups in total. The highest BCUT2D eigenvalue weighted by molar-refractivity contribution is 6.08. The van der Waals surface area contributed by atoms with Crippen molar-refractivity contribution in [2.75, 3.05) is 13.1 Å². The third-order valence-corrected chi connectivity index (χ3v) is 0.740. The van der Waals surface area contributed by atoms with Crippen LogP contribution in [0.4, 0.5) is 0 Å². The van der Waals surface area contributed by atoms with Crippen molar-refractivity contribution in [3.8, 4) is 0 Å². The van der Waals surface area contributed by atoms with Crippen molar-refractivity contribution in [2.24, 2.45) is 0 Å². The molecule has 2 radical (unpaired) electrons. The van der Waals surface area contributed by atoms with Gasteiger partial charge in [-0.2, -0.15) is 0 Å². The van der Waals surface area contributed by atoms with E-state index < -0.39 is 0 Å². The van der Waals surface area contributed by atoms with Gasteiger partial charge in [-0.1, -0.05) is 0 Å². The summed E-state index contributed by atoms with van der Waals surface area (Å²) in [5.41, 5.74) is 0. The second-order valence-corrected chi connectivity index (χ2v) is 1.49. The van der Waals surface area contributed by atoms with E-state index in [1.165, 1.54) is 0 Å². The van der Waals surface area contributed by atoms with Crippen molar-refractivity contribution in [1.82, 2.24) is 5.32 Å². The third kappa shape index (κ3) is 3.82. The fourth-order valence-electron chi connectivity index (χ4n) is 0.266. The number of nitrogens with one attached hydrogen (secondary N) is 1. The Morgan fingerprint density at radius 3 is 2.57 bits per heavy atom. The van der Waals surface area contributed by atoms with Crippen LogP contribution in [0, 0.1) is 0 Å². The van der Waals surface area contributed by atoms with Crippen molar-refractivity contribution in [3.05, 3.63) is 0 Å². The minimum absolute atomic E-state index is 0.130.